The summed E-state index contributed by atoms with van der Waals surface area (Å²) in [6.45, 7) is 8.59. The highest BCUT2D eigenvalue weighted by atomic mass is 32.2. The van der Waals surface area contributed by atoms with Crippen molar-refractivity contribution in [1.82, 2.24) is 10.2 Å². The van der Waals surface area contributed by atoms with E-state index in [1.54, 1.807) is 0 Å². The molecule has 1 saturated heterocycles. The summed E-state index contributed by atoms with van der Waals surface area (Å²) in [6, 6.07) is 0.491. The Morgan fingerprint density at radius 1 is 1.44 bits per heavy atom. The van der Waals surface area contributed by atoms with Crippen LogP contribution in [0.25, 0.3) is 0 Å². The topological polar surface area (TPSA) is 32.3 Å². The molecule has 2 fully saturated rings. The van der Waals surface area contributed by atoms with Gasteiger partial charge in [0.25, 0.3) is 0 Å². The Balaban J connectivity index is 1.99. The van der Waals surface area contributed by atoms with E-state index in [0.717, 1.165) is 5.25 Å². The van der Waals surface area contributed by atoms with Gasteiger partial charge in [0.05, 0.1) is 12.2 Å². The molecular weight excluding hydrogens is 244 g/mol. The molecule has 1 saturated carbocycles. The number of carbonyl (C=O) groups excluding carboxylic acids is 1. The minimum absolute atomic E-state index is 0.0258. The summed E-state index contributed by atoms with van der Waals surface area (Å²) in [5, 5.41) is 4.21. The van der Waals surface area contributed by atoms with Crippen LogP contribution in [0.3, 0.4) is 0 Å². The van der Waals surface area contributed by atoms with E-state index < -0.39 is 0 Å². The summed E-state index contributed by atoms with van der Waals surface area (Å²) in [5.74, 6) is 1.89. The molecule has 0 aromatic carbocycles. The van der Waals surface area contributed by atoms with Crippen molar-refractivity contribution in [2.24, 2.45) is 5.92 Å². The van der Waals surface area contributed by atoms with Crippen molar-refractivity contribution >= 4 is 17.7 Å². The van der Waals surface area contributed by atoms with Gasteiger partial charge in [-0.15, -0.1) is 0 Å². The number of nitrogens with one attached hydrogen (secondary N) is 1. The minimum atomic E-state index is 0.0258. The van der Waals surface area contributed by atoms with Crippen molar-refractivity contribution in [2.45, 2.75) is 70.5 Å². The fraction of sp³-hybridized carbons (Fsp3) is 0.929. The molecule has 1 amide bonds. The maximum atomic E-state index is 12.5. The van der Waals surface area contributed by atoms with Crippen LogP contribution in [0.5, 0.6) is 0 Å². The third-order valence-electron chi connectivity index (χ3n) is 4.18. The van der Waals surface area contributed by atoms with Crippen molar-refractivity contribution in [3.63, 3.8) is 0 Å². The number of hydrogen-bond donors (Lipinski definition) is 1. The molecule has 1 aliphatic heterocycles. The zero-order valence-electron chi connectivity index (χ0n) is 12.0. The van der Waals surface area contributed by atoms with Crippen LogP contribution in [0.15, 0.2) is 0 Å². The highest BCUT2D eigenvalue weighted by molar-refractivity contribution is 7.99. The number of nitrogens with zero attached hydrogens (tertiary/aromatic N) is 1. The summed E-state index contributed by atoms with van der Waals surface area (Å²) in [7, 11) is 0. The first kappa shape index (κ1) is 14.2. The molecule has 2 aliphatic rings. The molecule has 0 aromatic rings. The Hall–Kier alpha value is -0.220. The quantitative estimate of drug-likeness (QED) is 0.852. The largest absolute Gasteiger partial charge is 0.323 e. The van der Waals surface area contributed by atoms with E-state index in [1.807, 2.05) is 0 Å². The third-order valence-corrected chi connectivity index (χ3v) is 5.41. The summed E-state index contributed by atoms with van der Waals surface area (Å²) in [4.78, 5) is 14.6. The van der Waals surface area contributed by atoms with E-state index in [2.05, 4.69) is 49.7 Å². The molecule has 4 atom stereocenters. The lowest BCUT2D eigenvalue weighted by atomic mass is 10.0. The monoisotopic (exact) mass is 270 g/mol. The number of amides is 1. The first-order valence-corrected chi connectivity index (χ1v) is 8.29. The van der Waals surface area contributed by atoms with Gasteiger partial charge in [0.1, 0.15) is 0 Å². The molecule has 0 radical (unpaired) electrons. The summed E-state index contributed by atoms with van der Waals surface area (Å²) in [5.41, 5.74) is 0. The lowest BCUT2D eigenvalue weighted by molar-refractivity contribution is -0.132. The molecule has 0 bridgehead atoms. The fourth-order valence-electron chi connectivity index (χ4n) is 3.29. The van der Waals surface area contributed by atoms with Crippen molar-refractivity contribution in [3.05, 3.63) is 0 Å². The average Bonchev–Trinajstić information content (AvgIpc) is 2.84. The van der Waals surface area contributed by atoms with Gasteiger partial charge in [0.2, 0.25) is 5.91 Å². The zero-order chi connectivity index (χ0) is 13.3. The first-order valence-electron chi connectivity index (χ1n) is 7.24. The smallest absolute Gasteiger partial charge is 0.241 e. The fourth-order valence-corrected chi connectivity index (χ4v) is 4.43. The number of thioether (sulfide) groups is 1. The predicted octanol–water partition coefficient (Wildman–Crippen LogP) is 2.46. The molecule has 104 valence electrons. The number of hydrogen-bond acceptors (Lipinski definition) is 3. The van der Waals surface area contributed by atoms with E-state index in [0.29, 0.717) is 17.9 Å². The molecule has 1 heterocycles. The van der Waals surface area contributed by atoms with Crippen LogP contribution in [0, 0.1) is 5.92 Å². The highest BCUT2D eigenvalue weighted by Crippen LogP contribution is 2.35. The second-order valence-corrected chi connectivity index (χ2v) is 7.43. The molecular formula is C14H26N2OS. The molecule has 4 unspecified atom stereocenters. The molecule has 0 aromatic heterocycles. The van der Waals surface area contributed by atoms with Gasteiger partial charge < -0.3 is 4.90 Å². The van der Waals surface area contributed by atoms with E-state index in [9.17, 15) is 4.79 Å². The van der Waals surface area contributed by atoms with E-state index >= 15 is 0 Å². The molecule has 0 spiro atoms. The summed E-state index contributed by atoms with van der Waals surface area (Å²) >= 11 is 2.05. The van der Waals surface area contributed by atoms with Crippen LogP contribution in [0.1, 0.15) is 47.0 Å². The van der Waals surface area contributed by atoms with Crippen molar-refractivity contribution < 1.29 is 4.79 Å². The Morgan fingerprint density at radius 3 is 2.72 bits per heavy atom. The highest BCUT2D eigenvalue weighted by Gasteiger charge is 2.43. The number of carbonyl (C=O) groups is 1. The van der Waals surface area contributed by atoms with Gasteiger partial charge in [-0.2, -0.15) is 11.8 Å². The van der Waals surface area contributed by atoms with Crippen molar-refractivity contribution in [1.29, 1.82) is 0 Å². The van der Waals surface area contributed by atoms with Gasteiger partial charge >= 0.3 is 0 Å². The Labute approximate surface area is 115 Å². The summed E-state index contributed by atoms with van der Waals surface area (Å²) < 4.78 is 0. The minimum Gasteiger partial charge on any atom is -0.323 e. The first-order chi connectivity index (χ1) is 8.54. The summed E-state index contributed by atoms with van der Waals surface area (Å²) in [6.07, 6.45) is 3.84. The molecule has 1 aliphatic carbocycles. The van der Waals surface area contributed by atoms with Crippen LogP contribution in [-0.4, -0.2) is 40.1 Å². The van der Waals surface area contributed by atoms with Gasteiger partial charge in [-0.25, -0.2) is 0 Å². The van der Waals surface area contributed by atoms with E-state index in [-0.39, 0.29) is 12.2 Å². The average molecular weight is 270 g/mol. The predicted molar refractivity (Wildman–Crippen MR) is 77.6 cm³/mol. The van der Waals surface area contributed by atoms with Crippen LogP contribution in [0.2, 0.25) is 0 Å². The number of rotatable bonds is 4. The lowest BCUT2D eigenvalue weighted by Crippen LogP contribution is -2.42. The van der Waals surface area contributed by atoms with E-state index in [1.165, 1.54) is 25.0 Å². The molecule has 4 heteroatoms. The third kappa shape index (κ3) is 2.69. The maximum Gasteiger partial charge on any atom is 0.241 e. The van der Waals surface area contributed by atoms with Crippen molar-refractivity contribution in [3.8, 4) is 0 Å². The molecule has 2 rings (SSSR count). The van der Waals surface area contributed by atoms with Crippen LogP contribution in [-0.2, 0) is 4.79 Å². The standard InChI is InChI=1S/C14H26N2OS/c1-5-18-12-7-6-11(8-12)16-10(4)15-13(9(2)3)14(16)17/h9-13,15H,5-8H2,1-4H3. The van der Waals surface area contributed by atoms with Crippen LogP contribution in [0.4, 0.5) is 0 Å². The normalized spacial score (nSPS) is 36.9. The Kier molecular flexibility index (Phi) is 4.59. The Morgan fingerprint density at radius 2 is 2.17 bits per heavy atom. The second kappa shape index (κ2) is 5.83. The van der Waals surface area contributed by atoms with Crippen LogP contribution >= 0.6 is 11.8 Å². The van der Waals surface area contributed by atoms with Gasteiger partial charge in [-0.3, -0.25) is 10.1 Å². The van der Waals surface area contributed by atoms with Crippen molar-refractivity contribution in [2.75, 3.05) is 5.75 Å². The second-order valence-electron chi connectivity index (χ2n) is 5.85. The lowest BCUT2D eigenvalue weighted by Gasteiger charge is -2.28. The van der Waals surface area contributed by atoms with Gasteiger partial charge in [0, 0.05) is 11.3 Å². The maximum absolute atomic E-state index is 12.5. The van der Waals surface area contributed by atoms with Gasteiger partial charge in [-0.05, 0) is 37.9 Å². The SMILES string of the molecule is CCSC1CCC(N2C(=O)C(C(C)C)NC2C)C1. The Bertz CT molecular complexity index is 308. The van der Waals surface area contributed by atoms with Gasteiger partial charge in [0.15, 0.2) is 0 Å². The van der Waals surface area contributed by atoms with E-state index in [4.69, 9.17) is 0 Å². The molecule has 1 N–H and O–H groups in total. The molecule has 18 heavy (non-hydrogen) atoms. The molecule has 3 nitrogen and oxygen atoms in total. The zero-order valence-corrected chi connectivity index (χ0v) is 12.8. The van der Waals surface area contributed by atoms with Crippen LogP contribution < -0.4 is 5.32 Å². The van der Waals surface area contributed by atoms with Gasteiger partial charge in [-0.1, -0.05) is 20.8 Å².